The highest BCUT2D eigenvalue weighted by atomic mass is 16.3. The lowest BCUT2D eigenvalue weighted by Crippen LogP contribution is -2.31. The zero-order valence-electron chi connectivity index (χ0n) is 28.4. The molecule has 244 valence electrons. The molecule has 0 N–H and O–H groups in total. The molecular formula is C49H37NO. The topological polar surface area (TPSA) is 16.4 Å². The number of fused-ring (bicyclic) bond motifs is 11. The summed E-state index contributed by atoms with van der Waals surface area (Å²) in [4.78, 5) is 2.49. The van der Waals surface area contributed by atoms with Crippen LogP contribution in [0.3, 0.4) is 0 Å². The number of hydrogen-bond donors (Lipinski definition) is 0. The van der Waals surface area contributed by atoms with E-state index >= 15 is 0 Å². The fourth-order valence-electron chi connectivity index (χ4n) is 10.2. The molecule has 0 radical (unpaired) electrons. The molecule has 3 aliphatic carbocycles. The van der Waals surface area contributed by atoms with Gasteiger partial charge in [-0.1, -0.05) is 122 Å². The van der Waals surface area contributed by atoms with E-state index < -0.39 is 0 Å². The van der Waals surface area contributed by atoms with Crippen LogP contribution >= 0.6 is 0 Å². The SMILES string of the molecule is c1ccc(-c2ccc(N(c3ccc(-c4ccc5oc6ccccc6c5c4)cc3)c3cccc4c3-c3ccccc3C43CC4CCC3C4)cc2)cc1. The van der Waals surface area contributed by atoms with Gasteiger partial charge in [-0.05, 0) is 119 Å². The highest BCUT2D eigenvalue weighted by molar-refractivity contribution is 6.06. The maximum atomic E-state index is 6.13. The third-order valence-electron chi connectivity index (χ3n) is 12.4. The lowest BCUT2D eigenvalue weighted by atomic mass is 9.67. The third-order valence-corrected chi connectivity index (χ3v) is 12.4. The van der Waals surface area contributed by atoms with Crippen molar-refractivity contribution in [2.75, 3.05) is 4.90 Å². The Bertz CT molecular complexity index is 2600. The van der Waals surface area contributed by atoms with Gasteiger partial charge in [-0.3, -0.25) is 0 Å². The van der Waals surface area contributed by atoms with Gasteiger partial charge >= 0.3 is 0 Å². The summed E-state index contributed by atoms with van der Waals surface area (Å²) in [7, 11) is 0. The van der Waals surface area contributed by atoms with E-state index in [1.807, 2.05) is 12.1 Å². The van der Waals surface area contributed by atoms with Gasteiger partial charge in [-0.15, -0.1) is 0 Å². The van der Waals surface area contributed by atoms with Gasteiger partial charge in [-0.2, -0.15) is 0 Å². The fraction of sp³-hybridized carbons (Fsp3) is 0.143. The molecule has 3 unspecified atom stereocenters. The molecule has 2 fully saturated rings. The molecule has 3 atom stereocenters. The molecule has 11 rings (SSSR count). The van der Waals surface area contributed by atoms with Gasteiger partial charge in [-0.25, -0.2) is 0 Å². The first-order valence-electron chi connectivity index (χ1n) is 18.5. The van der Waals surface area contributed by atoms with Crippen molar-refractivity contribution in [3.63, 3.8) is 0 Å². The Hall–Kier alpha value is -5.86. The number of benzene rings is 7. The van der Waals surface area contributed by atoms with E-state index in [1.165, 1.54) is 70.3 Å². The summed E-state index contributed by atoms with van der Waals surface area (Å²) in [6.45, 7) is 0. The van der Waals surface area contributed by atoms with Crippen LogP contribution in [0.15, 0.2) is 168 Å². The van der Waals surface area contributed by atoms with Crippen molar-refractivity contribution in [2.45, 2.75) is 31.1 Å². The minimum Gasteiger partial charge on any atom is -0.456 e. The molecule has 7 aromatic carbocycles. The number of furan rings is 1. The second-order valence-electron chi connectivity index (χ2n) is 14.9. The van der Waals surface area contributed by atoms with Gasteiger partial charge in [0.05, 0.1) is 5.69 Å². The van der Waals surface area contributed by atoms with Crippen LogP contribution in [0.5, 0.6) is 0 Å². The summed E-state index contributed by atoms with van der Waals surface area (Å²) in [5, 5.41) is 2.31. The van der Waals surface area contributed by atoms with E-state index in [0.717, 1.165) is 45.1 Å². The molecule has 0 amide bonds. The molecule has 0 aliphatic heterocycles. The predicted molar refractivity (Wildman–Crippen MR) is 211 cm³/mol. The Balaban J connectivity index is 1.07. The van der Waals surface area contributed by atoms with Crippen LogP contribution in [-0.2, 0) is 5.41 Å². The summed E-state index contributed by atoms with van der Waals surface area (Å²) in [5.74, 6) is 1.56. The lowest BCUT2D eigenvalue weighted by Gasteiger charge is -2.37. The Kier molecular flexibility index (Phi) is 6.28. The Morgan fingerprint density at radius 3 is 1.92 bits per heavy atom. The van der Waals surface area contributed by atoms with Crippen LogP contribution in [0, 0.1) is 11.8 Å². The quantitative estimate of drug-likeness (QED) is 0.183. The second kappa shape index (κ2) is 11.1. The van der Waals surface area contributed by atoms with Crippen LogP contribution in [0.1, 0.15) is 36.8 Å². The van der Waals surface area contributed by atoms with E-state index in [-0.39, 0.29) is 5.41 Å². The average Bonchev–Trinajstić information content (AvgIpc) is 3.97. The number of rotatable bonds is 5. The minimum atomic E-state index is 0.132. The first-order chi connectivity index (χ1) is 25.2. The van der Waals surface area contributed by atoms with Crippen molar-refractivity contribution in [1.29, 1.82) is 0 Å². The van der Waals surface area contributed by atoms with Gasteiger partial charge < -0.3 is 9.32 Å². The number of hydrogen-bond acceptors (Lipinski definition) is 2. The highest BCUT2D eigenvalue weighted by Crippen LogP contribution is 2.67. The first kappa shape index (κ1) is 28.9. The number of para-hydroxylation sites is 1. The van der Waals surface area contributed by atoms with Gasteiger partial charge in [0.1, 0.15) is 11.2 Å². The van der Waals surface area contributed by atoms with Crippen molar-refractivity contribution in [3.05, 3.63) is 175 Å². The van der Waals surface area contributed by atoms with Gasteiger partial charge in [0, 0.05) is 33.1 Å². The zero-order chi connectivity index (χ0) is 33.5. The van der Waals surface area contributed by atoms with Crippen LogP contribution in [0.4, 0.5) is 17.1 Å². The van der Waals surface area contributed by atoms with Gasteiger partial charge in [0.25, 0.3) is 0 Å². The molecule has 1 spiro atoms. The van der Waals surface area contributed by atoms with Crippen molar-refractivity contribution in [3.8, 4) is 33.4 Å². The molecule has 2 saturated carbocycles. The van der Waals surface area contributed by atoms with Crippen LogP contribution in [-0.4, -0.2) is 0 Å². The molecule has 3 aliphatic rings. The molecule has 2 bridgehead atoms. The van der Waals surface area contributed by atoms with E-state index in [2.05, 4.69) is 157 Å². The summed E-state index contributed by atoms with van der Waals surface area (Å²) >= 11 is 0. The van der Waals surface area contributed by atoms with E-state index in [1.54, 1.807) is 5.56 Å². The molecule has 2 nitrogen and oxygen atoms in total. The second-order valence-corrected chi connectivity index (χ2v) is 14.9. The molecule has 2 heteroatoms. The summed E-state index contributed by atoms with van der Waals surface area (Å²) in [5.41, 5.74) is 16.3. The minimum absolute atomic E-state index is 0.132. The number of anilines is 3. The first-order valence-corrected chi connectivity index (χ1v) is 18.5. The maximum absolute atomic E-state index is 6.13. The Morgan fingerprint density at radius 1 is 0.510 bits per heavy atom. The fourth-order valence-corrected chi connectivity index (χ4v) is 10.2. The maximum Gasteiger partial charge on any atom is 0.135 e. The van der Waals surface area contributed by atoms with E-state index in [9.17, 15) is 0 Å². The van der Waals surface area contributed by atoms with Crippen molar-refractivity contribution >= 4 is 39.0 Å². The highest BCUT2D eigenvalue weighted by Gasteiger charge is 2.57. The average molecular weight is 656 g/mol. The third kappa shape index (κ3) is 4.29. The standard InChI is InChI=1S/C49H37NO/c1-2-9-33(10-3-1)34-18-24-38(25-19-34)50(39-26-20-35(21-27-39)36-22-28-47-42(30-36)40-11-5-7-16-46(40)51-47)45-15-8-14-44-48(45)41-12-4-6-13-43(41)49(44)31-32-17-23-37(49)29-32/h1-16,18-22,24-28,30,32,37H,17,23,29,31H2. The predicted octanol–water partition coefficient (Wildman–Crippen LogP) is 13.5. The van der Waals surface area contributed by atoms with Crippen molar-refractivity contribution in [2.24, 2.45) is 11.8 Å². The molecular weight excluding hydrogens is 619 g/mol. The largest absolute Gasteiger partial charge is 0.456 e. The monoisotopic (exact) mass is 655 g/mol. The Morgan fingerprint density at radius 2 is 1.16 bits per heavy atom. The molecule has 1 heterocycles. The molecule has 1 aromatic heterocycles. The smallest absolute Gasteiger partial charge is 0.135 e. The van der Waals surface area contributed by atoms with Gasteiger partial charge in [0.15, 0.2) is 0 Å². The Labute approximate surface area is 298 Å². The van der Waals surface area contributed by atoms with E-state index in [4.69, 9.17) is 4.42 Å². The van der Waals surface area contributed by atoms with Crippen LogP contribution in [0.2, 0.25) is 0 Å². The lowest BCUT2D eigenvalue weighted by molar-refractivity contribution is 0.327. The molecule has 8 aromatic rings. The summed E-state index contributed by atoms with van der Waals surface area (Å²) < 4.78 is 6.13. The van der Waals surface area contributed by atoms with Crippen molar-refractivity contribution < 1.29 is 4.42 Å². The van der Waals surface area contributed by atoms with Gasteiger partial charge in [0.2, 0.25) is 0 Å². The molecule has 51 heavy (non-hydrogen) atoms. The molecule has 0 saturated heterocycles. The van der Waals surface area contributed by atoms with Crippen LogP contribution in [0.25, 0.3) is 55.3 Å². The normalized spacial score (nSPS) is 19.9. The summed E-state index contributed by atoms with van der Waals surface area (Å²) in [6, 6.07) is 60.2. The van der Waals surface area contributed by atoms with Crippen LogP contribution < -0.4 is 4.90 Å². The van der Waals surface area contributed by atoms with E-state index in [0.29, 0.717) is 0 Å². The van der Waals surface area contributed by atoms with Crippen molar-refractivity contribution in [1.82, 2.24) is 0 Å². The zero-order valence-corrected chi connectivity index (χ0v) is 28.4. The summed E-state index contributed by atoms with van der Waals surface area (Å²) in [6.07, 6.45) is 5.38. The number of nitrogens with zero attached hydrogens (tertiary/aromatic N) is 1.